The molecule has 2 fully saturated rings. The van der Waals surface area contributed by atoms with Gasteiger partial charge in [0.25, 0.3) is 0 Å². The summed E-state index contributed by atoms with van der Waals surface area (Å²) in [6, 6.07) is 9.59. The van der Waals surface area contributed by atoms with E-state index >= 15 is 0 Å². The molecule has 0 saturated carbocycles. The van der Waals surface area contributed by atoms with Crippen molar-refractivity contribution in [1.82, 2.24) is 9.80 Å². The molecule has 146 valence electrons. The van der Waals surface area contributed by atoms with Crippen LogP contribution in [0.25, 0.3) is 0 Å². The van der Waals surface area contributed by atoms with E-state index in [0.29, 0.717) is 11.7 Å². The van der Waals surface area contributed by atoms with Gasteiger partial charge in [-0.3, -0.25) is 9.80 Å². The van der Waals surface area contributed by atoms with Gasteiger partial charge in [-0.1, -0.05) is 12.1 Å². The molecule has 3 heterocycles. The lowest BCUT2D eigenvalue weighted by atomic mass is 9.64. The summed E-state index contributed by atoms with van der Waals surface area (Å²) in [7, 11) is 0. The number of aliphatic hydroxyl groups is 1. The minimum absolute atomic E-state index is 0.272. The number of rotatable bonds is 5. The van der Waals surface area contributed by atoms with Gasteiger partial charge in [-0.2, -0.15) is 0 Å². The lowest BCUT2D eigenvalue weighted by Gasteiger charge is -2.51. The molecular formula is C22H30N2O3. The van der Waals surface area contributed by atoms with E-state index in [-0.39, 0.29) is 12.0 Å². The van der Waals surface area contributed by atoms with Crippen molar-refractivity contribution in [2.24, 2.45) is 11.3 Å². The van der Waals surface area contributed by atoms with E-state index < -0.39 is 0 Å². The molecule has 5 heteroatoms. The van der Waals surface area contributed by atoms with Crippen LogP contribution in [0.3, 0.4) is 0 Å². The van der Waals surface area contributed by atoms with Crippen LogP contribution in [0.5, 0.6) is 5.75 Å². The van der Waals surface area contributed by atoms with E-state index in [2.05, 4.69) is 15.9 Å². The Labute approximate surface area is 161 Å². The molecule has 0 amide bonds. The van der Waals surface area contributed by atoms with Crippen molar-refractivity contribution in [2.75, 3.05) is 32.8 Å². The zero-order valence-corrected chi connectivity index (χ0v) is 15.9. The number of aliphatic hydroxyl groups excluding tert-OH is 1. The molecule has 1 aromatic carbocycles. The Morgan fingerprint density at radius 3 is 2.41 bits per heavy atom. The molecule has 1 spiro atoms. The number of benzene rings is 1. The number of nitrogens with zero attached hydrogens (tertiary/aromatic N) is 2. The van der Waals surface area contributed by atoms with Gasteiger partial charge in [-0.25, -0.2) is 0 Å². The molecule has 2 aliphatic rings. The summed E-state index contributed by atoms with van der Waals surface area (Å²) in [6.07, 6.45) is 7.01. The Morgan fingerprint density at radius 1 is 1.00 bits per heavy atom. The van der Waals surface area contributed by atoms with Crippen LogP contribution in [0.15, 0.2) is 47.3 Å². The molecule has 27 heavy (non-hydrogen) atoms. The first-order valence-corrected chi connectivity index (χ1v) is 10.0. The highest BCUT2D eigenvalue weighted by Gasteiger charge is 2.44. The Bertz CT molecular complexity index is 723. The van der Waals surface area contributed by atoms with Crippen LogP contribution >= 0.6 is 0 Å². The summed E-state index contributed by atoms with van der Waals surface area (Å²) >= 11 is 0. The second-order valence-corrected chi connectivity index (χ2v) is 8.30. The number of aromatic hydroxyl groups is 1. The fraction of sp³-hybridized carbons (Fsp3) is 0.545. The topological polar surface area (TPSA) is 60.1 Å². The van der Waals surface area contributed by atoms with Gasteiger partial charge in [-0.05, 0) is 68.1 Å². The van der Waals surface area contributed by atoms with Crippen LogP contribution in [0.2, 0.25) is 0 Å². The van der Waals surface area contributed by atoms with Gasteiger partial charge >= 0.3 is 0 Å². The van der Waals surface area contributed by atoms with Crippen molar-refractivity contribution in [1.29, 1.82) is 0 Å². The van der Waals surface area contributed by atoms with Gasteiger partial charge in [0.2, 0.25) is 0 Å². The normalized spacial score (nSPS) is 23.7. The second kappa shape index (κ2) is 8.05. The first-order chi connectivity index (χ1) is 13.2. The molecule has 0 unspecified atom stereocenters. The molecule has 1 atom stereocenters. The van der Waals surface area contributed by atoms with Gasteiger partial charge in [0.1, 0.15) is 5.75 Å². The third-order valence-electron chi connectivity index (χ3n) is 6.65. The number of hydrogen-bond acceptors (Lipinski definition) is 5. The quantitative estimate of drug-likeness (QED) is 0.847. The first-order valence-electron chi connectivity index (χ1n) is 10.0. The summed E-state index contributed by atoms with van der Waals surface area (Å²) in [5, 5.41) is 19.8. The first kappa shape index (κ1) is 18.5. The lowest BCUT2D eigenvalue weighted by Crippen LogP contribution is -2.53. The summed E-state index contributed by atoms with van der Waals surface area (Å²) in [4.78, 5) is 4.93. The maximum atomic E-state index is 10.1. The van der Waals surface area contributed by atoms with E-state index in [9.17, 15) is 10.2 Å². The lowest BCUT2D eigenvalue weighted by molar-refractivity contribution is -0.0450. The molecule has 2 aromatic rings. The van der Waals surface area contributed by atoms with Crippen LogP contribution in [-0.4, -0.2) is 52.8 Å². The third-order valence-corrected chi connectivity index (χ3v) is 6.65. The van der Waals surface area contributed by atoms with Crippen LogP contribution in [0, 0.1) is 11.3 Å². The average Bonchev–Trinajstić information content (AvgIpc) is 3.18. The molecule has 0 aliphatic carbocycles. The Kier molecular flexibility index (Phi) is 5.53. The molecule has 2 N–H and O–H groups in total. The van der Waals surface area contributed by atoms with Crippen molar-refractivity contribution >= 4 is 0 Å². The van der Waals surface area contributed by atoms with E-state index in [1.165, 1.54) is 11.1 Å². The van der Waals surface area contributed by atoms with E-state index in [1.54, 1.807) is 12.3 Å². The minimum atomic E-state index is 0.272. The highest BCUT2D eigenvalue weighted by atomic mass is 16.3. The zero-order valence-electron chi connectivity index (χ0n) is 15.9. The average molecular weight is 370 g/mol. The van der Waals surface area contributed by atoms with E-state index in [4.69, 9.17) is 4.42 Å². The molecule has 0 radical (unpaired) electrons. The van der Waals surface area contributed by atoms with Gasteiger partial charge in [0.05, 0.1) is 12.5 Å². The SMILES string of the molecule is OC[C@H]1CN(Cc2ccoc2)CCC12CCN(Cc1cccc(O)c1)CC2. The Hall–Kier alpha value is -1.82. The van der Waals surface area contributed by atoms with Gasteiger partial charge in [-0.15, -0.1) is 0 Å². The fourth-order valence-electron chi connectivity index (χ4n) is 4.95. The van der Waals surface area contributed by atoms with Crippen molar-refractivity contribution < 1.29 is 14.6 Å². The summed E-state index contributed by atoms with van der Waals surface area (Å²) < 4.78 is 5.19. The monoisotopic (exact) mass is 370 g/mol. The molecule has 1 aromatic heterocycles. The van der Waals surface area contributed by atoms with E-state index in [1.807, 2.05) is 24.5 Å². The standard InChI is InChI=1S/C22H30N2O3/c25-16-20-15-24(14-19-4-11-27-17-19)10-7-22(20)5-8-23(9-6-22)13-18-2-1-3-21(26)12-18/h1-4,11-12,17,20,25-26H,5-10,13-16H2/t20-/m1/s1. The highest BCUT2D eigenvalue weighted by Crippen LogP contribution is 2.45. The van der Waals surface area contributed by atoms with Crippen LogP contribution in [0.4, 0.5) is 0 Å². The van der Waals surface area contributed by atoms with Gasteiger partial charge in [0.15, 0.2) is 0 Å². The van der Waals surface area contributed by atoms with Crippen LogP contribution in [-0.2, 0) is 13.1 Å². The number of likely N-dealkylation sites (tertiary alicyclic amines) is 2. The number of phenolic OH excluding ortho intramolecular Hbond substituents is 1. The zero-order chi connectivity index (χ0) is 18.7. The maximum absolute atomic E-state index is 10.1. The van der Waals surface area contributed by atoms with E-state index in [0.717, 1.165) is 58.5 Å². The number of phenols is 1. The fourth-order valence-corrected chi connectivity index (χ4v) is 4.95. The van der Waals surface area contributed by atoms with Gasteiger partial charge in [0, 0.05) is 37.7 Å². The maximum Gasteiger partial charge on any atom is 0.115 e. The number of hydrogen-bond donors (Lipinski definition) is 2. The van der Waals surface area contributed by atoms with Crippen molar-refractivity contribution in [3.05, 3.63) is 54.0 Å². The predicted octanol–water partition coefficient (Wildman–Crippen LogP) is 3.08. The minimum Gasteiger partial charge on any atom is -0.508 e. The van der Waals surface area contributed by atoms with Crippen molar-refractivity contribution in [3.8, 4) is 5.75 Å². The largest absolute Gasteiger partial charge is 0.508 e. The Morgan fingerprint density at radius 2 is 1.74 bits per heavy atom. The highest BCUT2D eigenvalue weighted by molar-refractivity contribution is 5.27. The summed E-state index contributed by atoms with van der Waals surface area (Å²) in [5.74, 6) is 0.687. The molecule has 2 aliphatic heterocycles. The summed E-state index contributed by atoms with van der Waals surface area (Å²) in [6.45, 7) is 6.26. The number of furan rings is 1. The Balaban J connectivity index is 1.34. The number of piperidine rings is 2. The summed E-state index contributed by atoms with van der Waals surface area (Å²) in [5.41, 5.74) is 2.65. The van der Waals surface area contributed by atoms with Crippen molar-refractivity contribution in [3.63, 3.8) is 0 Å². The molecule has 5 nitrogen and oxygen atoms in total. The molecule has 2 saturated heterocycles. The third kappa shape index (κ3) is 4.21. The second-order valence-electron chi connectivity index (χ2n) is 8.30. The smallest absolute Gasteiger partial charge is 0.115 e. The van der Waals surface area contributed by atoms with Crippen LogP contribution < -0.4 is 0 Å². The van der Waals surface area contributed by atoms with Crippen molar-refractivity contribution in [2.45, 2.75) is 32.4 Å². The predicted molar refractivity (Wildman–Crippen MR) is 104 cm³/mol. The van der Waals surface area contributed by atoms with Gasteiger partial charge < -0.3 is 14.6 Å². The van der Waals surface area contributed by atoms with Crippen LogP contribution in [0.1, 0.15) is 30.4 Å². The molecule has 0 bridgehead atoms. The molecular weight excluding hydrogens is 340 g/mol. The molecule has 4 rings (SSSR count).